The Morgan fingerprint density at radius 3 is 2.30 bits per heavy atom. The van der Waals surface area contributed by atoms with Crippen LogP contribution in [0.1, 0.15) is 33.2 Å². The van der Waals surface area contributed by atoms with Gasteiger partial charge in [0.25, 0.3) is 15.9 Å². The molecule has 3 aromatic carbocycles. The van der Waals surface area contributed by atoms with Crippen molar-refractivity contribution in [3.63, 3.8) is 0 Å². The molecule has 0 aliphatic heterocycles. The van der Waals surface area contributed by atoms with Crippen molar-refractivity contribution in [2.45, 2.75) is 18.7 Å². The van der Waals surface area contributed by atoms with Gasteiger partial charge in [0, 0.05) is 16.9 Å². The highest BCUT2D eigenvalue weighted by Crippen LogP contribution is 2.24. The van der Waals surface area contributed by atoms with Crippen LogP contribution in [0.2, 0.25) is 5.02 Å². The third-order valence-electron chi connectivity index (χ3n) is 4.29. The van der Waals surface area contributed by atoms with Crippen molar-refractivity contribution in [3.05, 3.63) is 88.4 Å². The number of rotatable bonds is 6. The summed E-state index contributed by atoms with van der Waals surface area (Å²) in [5.41, 5.74) is 2.15. The summed E-state index contributed by atoms with van der Waals surface area (Å²) in [6, 6.07) is 17.2. The number of sulfonamides is 1. The molecule has 0 radical (unpaired) electrons. The Labute approximate surface area is 179 Å². The van der Waals surface area contributed by atoms with E-state index in [2.05, 4.69) is 10.0 Å². The molecule has 2 N–H and O–H groups in total. The van der Waals surface area contributed by atoms with Gasteiger partial charge in [-0.05, 0) is 61.9 Å². The quantitative estimate of drug-likeness (QED) is 0.531. The molecule has 0 heterocycles. The summed E-state index contributed by atoms with van der Waals surface area (Å²) in [5.74, 6) is -0.729. The van der Waals surface area contributed by atoms with E-state index in [4.69, 9.17) is 11.6 Å². The van der Waals surface area contributed by atoms with E-state index in [1.807, 2.05) is 13.0 Å². The predicted octanol–water partition coefficient (Wildman–Crippen LogP) is 4.90. The molecule has 0 spiro atoms. The Bertz CT molecular complexity index is 1240. The third kappa shape index (κ3) is 5.06. The normalized spacial score (nSPS) is 11.0. The number of ketones is 1. The van der Waals surface area contributed by atoms with E-state index in [-0.39, 0.29) is 21.3 Å². The molecular formula is C22H19ClN2O4S. The Morgan fingerprint density at radius 2 is 1.60 bits per heavy atom. The number of nitrogens with one attached hydrogen (secondary N) is 2. The molecule has 0 unspecified atom stereocenters. The fourth-order valence-corrected chi connectivity index (χ4v) is 4.06. The highest BCUT2D eigenvalue weighted by molar-refractivity contribution is 7.92. The SMILES string of the molecule is CC(=O)c1cccc(NC(=O)c2cc(S(=O)(=O)Nc3cccc(C)c3)ccc2Cl)c1. The zero-order valence-corrected chi connectivity index (χ0v) is 17.8. The molecule has 0 aromatic heterocycles. The van der Waals surface area contributed by atoms with Crippen molar-refractivity contribution in [1.82, 2.24) is 0 Å². The van der Waals surface area contributed by atoms with Crippen molar-refractivity contribution in [2.24, 2.45) is 0 Å². The lowest BCUT2D eigenvalue weighted by Crippen LogP contribution is -2.16. The van der Waals surface area contributed by atoms with Gasteiger partial charge in [-0.15, -0.1) is 0 Å². The number of hydrogen-bond acceptors (Lipinski definition) is 4. The molecule has 0 saturated heterocycles. The number of Topliss-reactive ketones (excluding diaryl/α,β-unsaturated/α-hetero) is 1. The molecule has 6 nitrogen and oxygen atoms in total. The topological polar surface area (TPSA) is 92.3 Å². The molecule has 0 aliphatic carbocycles. The van der Waals surface area contributed by atoms with Crippen LogP contribution in [0.5, 0.6) is 0 Å². The summed E-state index contributed by atoms with van der Waals surface area (Å²) in [5, 5.41) is 2.74. The van der Waals surface area contributed by atoms with Gasteiger partial charge in [0.05, 0.1) is 15.5 Å². The molecule has 30 heavy (non-hydrogen) atoms. The molecule has 0 fully saturated rings. The van der Waals surface area contributed by atoms with Crippen LogP contribution in [-0.2, 0) is 10.0 Å². The van der Waals surface area contributed by atoms with Crippen molar-refractivity contribution >= 4 is 44.7 Å². The second kappa shape index (κ2) is 8.69. The fraction of sp³-hybridized carbons (Fsp3) is 0.0909. The molecule has 0 aliphatic rings. The van der Waals surface area contributed by atoms with Crippen LogP contribution in [0.3, 0.4) is 0 Å². The standard InChI is InChI=1S/C22H19ClN2O4S/c1-14-5-3-8-18(11-14)25-30(28,29)19-9-10-21(23)20(13-19)22(27)24-17-7-4-6-16(12-17)15(2)26/h3-13,25H,1-2H3,(H,24,27). The van der Waals surface area contributed by atoms with Gasteiger partial charge in [0.1, 0.15) is 0 Å². The zero-order valence-electron chi connectivity index (χ0n) is 16.3. The first-order chi connectivity index (χ1) is 14.2. The van der Waals surface area contributed by atoms with E-state index in [1.165, 1.54) is 31.2 Å². The molecule has 0 saturated carbocycles. The van der Waals surface area contributed by atoms with Crippen molar-refractivity contribution < 1.29 is 18.0 Å². The first-order valence-corrected chi connectivity index (χ1v) is 10.8. The summed E-state index contributed by atoms with van der Waals surface area (Å²) in [6.07, 6.45) is 0. The maximum Gasteiger partial charge on any atom is 0.261 e. The van der Waals surface area contributed by atoms with Crippen molar-refractivity contribution in [1.29, 1.82) is 0 Å². The molecule has 0 bridgehead atoms. The summed E-state index contributed by atoms with van der Waals surface area (Å²) in [7, 11) is -3.93. The van der Waals surface area contributed by atoms with Gasteiger partial charge in [-0.1, -0.05) is 35.9 Å². The maximum absolute atomic E-state index is 12.8. The molecule has 0 atom stereocenters. The molecule has 154 valence electrons. The molecule has 8 heteroatoms. The minimum absolute atomic E-state index is 0.00277. The number of anilines is 2. The third-order valence-corrected chi connectivity index (χ3v) is 6.00. The number of hydrogen-bond donors (Lipinski definition) is 2. The monoisotopic (exact) mass is 442 g/mol. The summed E-state index contributed by atoms with van der Waals surface area (Å²) >= 11 is 6.14. The second-order valence-electron chi connectivity index (χ2n) is 6.71. The Kier molecular flexibility index (Phi) is 6.24. The van der Waals surface area contributed by atoms with Crippen LogP contribution < -0.4 is 10.0 Å². The fourth-order valence-electron chi connectivity index (χ4n) is 2.78. The van der Waals surface area contributed by atoms with Crippen LogP contribution in [0.15, 0.2) is 71.6 Å². The number of carbonyl (C=O) groups excluding carboxylic acids is 2. The lowest BCUT2D eigenvalue weighted by atomic mass is 10.1. The van der Waals surface area contributed by atoms with Crippen molar-refractivity contribution in [3.8, 4) is 0 Å². The van der Waals surface area contributed by atoms with E-state index in [9.17, 15) is 18.0 Å². The van der Waals surface area contributed by atoms with Gasteiger partial charge in [-0.3, -0.25) is 14.3 Å². The number of aryl methyl sites for hydroxylation is 1. The summed E-state index contributed by atoms with van der Waals surface area (Å²) in [6.45, 7) is 3.27. The lowest BCUT2D eigenvalue weighted by Gasteiger charge is -2.12. The summed E-state index contributed by atoms with van der Waals surface area (Å²) in [4.78, 5) is 24.1. The minimum Gasteiger partial charge on any atom is -0.322 e. The molecule has 1 amide bonds. The van der Waals surface area contributed by atoms with Crippen molar-refractivity contribution in [2.75, 3.05) is 10.0 Å². The van der Waals surface area contributed by atoms with Crippen LogP contribution in [0.25, 0.3) is 0 Å². The molecule has 3 aromatic rings. The predicted molar refractivity (Wildman–Crippen MR) is 118 cm³/mol. The van der Waals surface area contributed by atoms with E-state index in [0.717, 1.165) is 5.56 Å². The van der Waals surface area contributed by atoms with E-state index in [0.29, 0.717) is 16.9 Å². The highest BCUT2D eigenvalue weighted by Gasteiger charge is 2.19. The average molecular weight is 443 g/mol. The van der Waals surface area contributed by atoms with Crippen LogP contribution in [0.4, 0.5) is 11.4 Å². The van der Waals surface area contributed by atoms with Crippen LogP contribution in [-0.4, -0.2) is 20.1 Å². The summed E-state index contributed by atoms with van der Waals surface area (Å²) < 4.78 is 28.0. The van der Waals surface area contributed by atoms with Crippen LogP contribution in [0, 0.1) is 6.92 Å². The van der Waals surface area contributed by atoms with E-state index >= 15 is 0 Å². The first kappa shape index (κ1) is 21.5. The minimum atomic E-state index is -3.93. The number of amides is 1. The van der Waals surface area contributed by atoms with Gasteiger partial charge in [0.2, 0.25) is 0 Å². The number of carbonyl (C=O) groups is 2. The average Bonchev–Trinajstić information content (AvgIpc) is 2.68. The maximum atomic E-state index is 12.8. The van der Waals surface area contributed by atoms with Gasteiger partial charge >= 0.3 is 0 Å². The van der Waals surface area contributed by atoms with Gasteiger partial charge in [0.15, 0.2) is 5.78 Å². The van der Waals surface area contributed by atoms with E-state index in [1.54, 1.807) is 36.4 Å². The lowest BCUT2D eigenvalue weighted by molar-refractivity contribution is 0.101. The number of halogens is 1. The Hall–Kier alpha value is -3.16. The smallest absolute Gasteiger partial charge is 0.261 e. The number of benzene rings is 3. The largest absolute Gasteiger partial charge is 0.322 e. The molecular weight excluding hydrogens is 424 g/mol. The van der Waals surface area contributed by atoms with E-state index < -0.39 is 15.9 Å². The second-order valence-corrected chi connectivity index (χ2v) is 8.80. The Morgan fingerprint density at radius 1 is 0.900 bits per heavy atom. The van der Waals surface area contributed by atoms with Gasteiger partial charge in [-0.2, -0.15) is 0 Å². The highest BCUT2D eigenvalue weighted by atomic mass is 35.5. The first-order valence-electron chi connectivity index (χ1n) is 8.97. The van der Waals surface area contributed by atoms with Gasteiger partial charge in [-0.25, -0.2) is 8.42 Å². The molecule has 3 rings (SSSR count). The zero-order chi connectivity index (χ0) is 21.9. The Balaban J connectivity index is 1.88. The van der Waals surface area contributed by atoms with Gasteiger partial charge < -0.3 is 5.32 Å². The van der Waals surface area contributed by atoms with Crippen LogP contribution >= 0.6 is 11.6 Å².